The summed E-state index contributed by atoms with van der Waals surface area (Å²) in [5.74, 6) is 0. The normalized spacial score (nSPS) is 12.9. The minimum Gasteiger partial charge on any atom is -0.468 e. The maximum Gasteiger partial charge on any atom is 0.293 e. The number of aliphatic imine (C=N–C) groups is 1. The fourth-order valence-corrected chi connectivity index (χ4v) is 2.52. The second-order valence-corrected chi connectivity index (χ2v) is 6.24. The summed E-state index contributed by atoms with van der Waals surface area (Å²) in [5, 5.41) is 1.20. The third kappa shape index (κ3) is 5.24. The molecule has 4 nitrogen and oxygen atoms in total. The average Bonchev–Trinajstić information content (AvgIpc) is 2.99. The molecule has 0 bridgehead atoms. The van der Waals surface area contributed by atoms with Gasteiger partial charge in [-0.15, -0.1) is 0 Å². The van der Waals surface area contributed by atoms with Crippen molar-refractivity contribution in [3.8, 4) is 0 Å². The number of carbonyl (C=O) groups excluding carboxylic acids is 1. The van der Waals surface area contributed by atoms with Gasteiger partial charge in [-0.3, -0.25) is 14.8 Å². The van der Waals surface area contributed by atoms with Crippen molar-refractivity contribution in [1.29, 1.82) is 0 Å². The van der Waals surface area contributed by atoms with Crippen LogP contribution in [0.2, 0.25) is 0 Å². The highest BCUT2D eigenvalue weighted by atomic mass is 16.5. The van der Waals surface area contributed by atoms with Gasteiger partial charge in [0.2, 0.25) is 0 Å². The van der Waals surface area contributed by atoms with E-state index in [4.69, 9.17) is 0 Å². The fourth-order valence-electron chi connectivity index (χ4n) is 2.52. The molecule has 0 spiro atoms. The standard InChI is InChI=1S/C10H11N.C9H7N.C3H6O2/c1-10(2)7-11-9-6-4-3-5-8(9)10;1-2-6-9-8(4-1)5-3-7-10-9;1-2-5-3-4/h3-7H,1-2H3;1-7H;3H,2H2,1H3. The lowest BCUT2D eigenvalue weighted by molar-refractivity contribution is -0.128. The fraction of sp³-hybridized carbons (Fsp3) is 0.227. The van der Waals surface area contributed by atoms with E-state index in [1.54, 1.807) is 6.92 Å². The van der Waals surface area contributed by atoms with E-state index in [1.165, 1.54) is 10.9 Å². The third-order valence-corrected chi connectivity index (χ3v) is 3.87. The number of fused-ring (bicyclic) bond motifs is 2. The number of rotatable bonds is 2. The largest absolute Gasteiger partial charge is 0.468 e. The Morgan fingerprint density at radius 1 is 1.00 bits per heavy atom. The van der Waals surface area contributed by atoms with Crippen LogP contribution in [-0.4, -0.2) is 24.3 Å². The Labute approximate surface area is 154 Å². The number of nitrogens with zero attached hydrogens (tertiary/aromatic N) is 2. The topological polar surface area (TPSA) is 51.5 Å². The van der Waals surface area contributed by atoms with Crippen molar-refractivity contribution in [3.63, 3.8) is 0 Å². The molecule has 0 saturated carbocycles. The Morgan fingerprint density at radius 2 is 1.69 bits per heavy atom. The Hall–Kier alpha value is -3.01. The van der Waals surface area contributed by atoms with E-state index in [2.05, 4.69) is 58.9 Å². The molecule has 2 heterocycles. The number of aromatic nitrogens is 1. The summed E-state index contributed by atoms with van der Waals surface area (Å²) < 4.78 is 4.15. The molecule has 26 heavy (non-hydrogen) atoms. The van der Waals surface area contributed by atoms with Crippen molar-refractivity contribution in [1.82, 2.24) is 4.98 Å². The minimum atomic E-state index is 0.136. The van der Waals surface area contributed by atoms with E-state index in [1.807, 2.05) is 42.7 Å². The highest BCUT2D eigenvalue weighted by Gasteiger charge is 2.25. The Balaban J connectivity index is 0.000000151. The Kier molecular flexibility index (Phi) is 7.03. The number of hydrogen-bond donors (Lipinski definition) is 0. The molecule has 0 fully saturated rings. The van der Waals surface area contributed by atoms with Gasteiger partial charge in [-0.05, 0) is 30.7 Å². The van der Waals surface area contributed by atoms with Crippen LogP contribution in [0.4, 0.5) is 5.69 Å². The lowest BCUT2D eigenvalue weighted by atomic mass is 9.87. The van der Waals surface area contributed by atoms with Gasteiger partial charge < -0.3 is 4.74 Å². The predicted octanol–water partition coefficient (Wildman–Crippen LogP) is 5.09. The number of carbonyl (C=O) groups is 1. The zero-order valence-electron chi connectivity index (χ0n) is 15.4. The van der Waals surface area contributed by atoms with Crippen molar-refractivity contribution in [2.24, 2.45) is 4.99 Å². The Bertz CT molecular complexity index is 807. The number of ether oxygens (including phenoxy) is 1. The molecule has 3 aromatic rings. The summed E-state index contributed by atoms with van der Waals surface area (Å²) in [4.78, 5) is 17.7. The quantitative estimate of drug-likeness (QED) is 0.606. The summed E-state index contributed by atoms with van der Waals surface area (Å²) in [6.07, 6.45) is 3.82. The van der Waals surface area contributed by atoms with E-state index in [0.717, 1.165) is 11.2 Å². The summed E-state index contributed by atoms with van der Waals surface area (Å²) in [6, 6.07) is 20.4. The van der Waals surface area contributed by atoms with Crippen LogP contribution in [0, 0.1) is 0 Å². The molecule has 0 aliphatic carbocycles. The minimum absolute atomic E-state index is 0.136. The Morgan fingerprint density at radius 3 is 2.35 bits per heavy atom. The van der Waals surface area contributed by atoms with Gasteiger partial charge in [-0.25, -0.2) is 0 Å². The molecule has 0 unspecified atom stereocenters. The summed E-state index contributed by atoms with van der Waals surface area (Å²) in [7, 11) is 0. The van der Waals surface area contributed by atoms with Gasteiger partial charge in [-0.1, -0.05) is 56.3 Å². The molecule has 4 rings (SSSR count). The number of pyridine rings is 1. The first-order valence-electron chi connectivity index (χ1n) is 8.58. The van der Waals surface area contributed by atoms with Crippen LogP contribution in [0.3, 0.4) is 0 Å². The SMILES string of the molecule is CC1(C)C=Nc2ccccc21.CCOC=O.c1ccc2ncccc2c1. The molecule has 1 aliphatic rings. The first kappa shape index (κ1) is 19.3. The van der Waals surface area contributed by atoms with Gasteiger partial charge in [0.25, 0.3) is 6.47 Å². The zero-order valence-corrected chi connectivity index (χ0v) is 15.4. The molecule has 0 N–H and O–H groups in total. The first-order chi connectivity index (χ1) is 12.6. The molecule has 4 heteroatoms. The number of hydrogen-bond acceptors (Lipinski definition) is 4. The lowest BCUT2D eigenvalue weighted by Gasteiger charge is -2.14. The van der Waals surface area contributed by atoms with Crippen LogP contribution in [0.5, 0.6) is 0 Å². The van der Waals surface area contributed by atoms with Gasteiger partial charge in [0.15, 0.2) is 0 Å². The molecule has 2 aromatic carbocycles. The maximum atomic E-state index is 9.18. The second-order valence-electron chi connectivity index (χ2n) is 6.24. The van der Waals surface area contributed by atoms with Gasteiger partial charge in [0.05, 0.1) is 17.8 Å². The predicted molar refractivity (Wildman–Crippen MR) is 107 cm³/mol. The van der Waals surface area contributed by atoms with Crippen molar-refractivity contribution >= 4 is 29.3 Å². The van der Waals surface area contributed by atoms with Gasteiger partial charge in [0.1, 0.15) is 0 Å². The van der Waals surface area contributed by atoms with Crippen LogP contribution >= 0.6 is 0 Å². The maximum absolute atomic E-state index is 9.18. The van der Waals surface area contributed by atoms with E-state index in [-0.39, 0.29) is 5.41 Å². The molecule has 134 valence electrons. The van der Waals surface area contributed by atoms with E-state index < -0.39 is 0 Å². The second kappa shape index (κ2) is 9.47. The van der Waals surface area contributed by atoms with Gasteiger partial charge in [0, 0.05) is 23.2 Å². The summed E-state index contributed by atoms with van der Waals surface area (Å²) >= 11 is 0. The molecule has 0 amide bonds. The molecule has 1 aromatic heterocycles. The zero-order chi connectivity index (χ0) is 18.8. The summed E-state index contributed by atoms with van der Waals surface area (Å²) in [6.45, 7) is 7.03. The van der Waals surface area contributed by atoms with E-state index in [0.29, 0.717) is 13.1 Å². The van der Waals surface area contributed by atoms with Crippen LogP contribution < -0.4 is 0 Å². The van der Waals surface area contributed by atoms with Crippen LogP contribution in [-0.2, 0) is 14.9 Å². The lowest BCUT2D eigenvalue weighted by Crippen LogP contribution is -2.14. The molecule has 0 atom stereocenters. The molecule has 0 saturated heterocycles. The van der Waals surface area contributed by atoms with Crippen LogP contribution in [0.25, 0.3) is 10.9 Å². The average molecular weight is 348 g/mol. The van der Waals surface area contributed by atoms with Gasteiger partial charge in [-0.2, -0.15) is 0 Å². The smallest absolute Gasteiger partial charge is 0.293 e. The van der Waals surface area contributed by atoms with E-state index in [9.17, 15) is 4.79 Å². The van der Waals surface area contributed by atoms with Crippen molar-refractivity contribution in [2.75, 3.05) is 6.61 Å². The van der Waals surface area contributed by atoms with E-state index >= 15 is 0 Å². The molecular weight excluding hydrogens is 324 g/mol. The summed E-state index contributed by atoms with van der Waals surface area (Å²) in [5.41, 5.74) is 3.65. The third-order valence-electron chi connectivity index (χ3n) is 3.87. The molecule has 0 radical (unpaired) electrons. The number of benzene rings is 2. The van der Waals surface area contributed by atoms with Crippen molar-refractivity contribution in [2.45, 2.75) is 26.2 Å². The molecular formula is C22H24N2O2. The number of para-hydroxylation sites is 2. The van der Waals surface area contributed by atoms with Crippen LogP contribution in [0.15, 0.2) is 71.9 Å². The highest BCUT2D eigenvalue weighted by molar-refractivity contribution is 5.84. The van der Waals surface area contributed by atoms with Gasteiger partial charge >= 0.3 is 0 Å². The van der Waals surface area contributed by atoms with Crippen molar-refractivity contribution in [3.05, 3.63) is 72.4 Å². The van der Waals surface area contributed by atoms with Crippen molar-refractivity contribution < 1.29 is 9.53 Å². The highest BCUT2D eigenvalue weighted by Crippen LogP contribution is 2.35. The van der Waals surface area contributed by atoms with Crippen LogP contribution in [0.1, 0.15) is 26.3 Å². The molecule has 1 aliphatic heterocycles. The first-order valence-corrected chi connectivity index (χ1v) is 8.58. The monoisotopic (exact) mass is 348 g/mol.